The number of rotatable bonds is 5. The van der Waals surface area contributed by atoms with Crippen LogP contribution in [0.5, 0.6) is 11.5 Å². The fourth-order valence-electron chi connectivity index (χ4n) is 7.96. The van der Waals surface area contributed by atoms with Crippen molar-refractivity contribution in [3.05, 3.63) is 23.3 Å². The molecule has 0 amide bonds. The molecule has 1 aromatic rings. The van der Waals surface area contributed by atoms with Gasteiger partial charge in [-0.15, -0.1) is 0 Å². The summed E-state index contributed by atoms with van der Waals surface area (Å²) in [5.74, 6) is 1.95. The maximum Gasteiger partial charge on any atom is 0.305 e. The van der Waals surface area contributed by atoms with E-state index in [4.69, 9.17) is 14.2 Å². The van der Waals surface area contributed by atoms with E-state index in [2.05, 4.69) is 13.0 Å². The van der Waals surface area contributed by atoms with Gasteiger partial charge in [-0.25, -0.2) is 0 Å². The van der Waals surface area contributed by atoms with Crippen molar-refractivity contribution in [1.82, 2.24) is 0 Å². The summed E-state index contributed by atoms with van der Waals surface area (Å²) in [4.78, 5) is 12.4. The summed E-state index contributed by atoms with van der Waals surface area (Å²) in [5, 5.41) is 11.7. The summed E-state index contributed by atoms with van der Waals surface area (Å²) in [7, 11) is 1.68. The lowest BCUT2D eigenvalue weighted by atomic mass is 9.35. The van der Waals surface area contributed by atoms with Gasteiger partial charge in [-0.2, -0.15) is 0 Å². The van der Waals surface area contributed by atoms with Crippen molar-refractivity contribution < 1.29 is 24.1 Å². The number of methoxy groups -OCH3 is 1. The Hall–Kier alpha value is -1.75. The Labute approximate surface area is 179 Å². The highest BCUT2D eigenvalue weighted by molar-refractivity contribution is 5.70. The third-order valence-electron chi connectivity index (χ3n) is 9.34. The number of ether oxygens (including phenoxy) is 3. The molecule has 0 aromatic heterocycles. The van der Waals surface area contributed by atoms with Gasteiger partial charge in [0.25, 0.3) is 0 Å². The molecular weight excluding hydrogens is 380 g/mol. The van der Waals surface area contributed by atoms with Crippen molar-refractivity contribution in [1.29, 1.82) is 0 Å². The second-order valence-electron chi connectivity index (χ2n) is 10.2. The summed E-state index contributed by atoms with van der Waals surface area (Å²) in [6.07, 6.45) is 7.10. The van der Waals surface area contributed by atoms with Gasteiger partial charge in [-0.05, 0) is 82.3 Å². The molecule has 30 heavy (non-hydrogen) atoms. The maximum atomic E-state index is 12.4. The smallest absolute Gasteiger partial charge is 0.305 e. The van der Waals surface area contributed by atoms with E-state index >= 15 is 0 Å². The van der Waals surface area contributed by atoms with Gasteiger partial charge >= 0.3 is 5.97 Å². The number of benzene rings is 1. The van der Waals surface area contributed by atoms with Gasteiger partial charge in [-0.3, -0.25) is 4.79 Å². The first-order chi connectivity index (χ1) is 14.3. The Morgan fingerprint density at radius 3 is 2.80 bits per heavy atom. The van der Waals surface area contributed by atoms with Gasteiger partial charge in [0.15, 0.2) is 11.5 Å². The van der Waals surface area contributed by atoms with Crippen molar-refractivity contribution >= 4 is 5.97 Å². The first-order valence-electron chi connectivity index (χ1n) is 11.5. The van der Waals surface area contributed by atoms with E-state index < -0.39 is 11.2 Å². The van der Waals surface area contributed by atoms with Crippen LogP contribution in [0.2, 0.25) is 0 Å². The van der Waals surface area contributed by atoms with Crippen LogP contribution in [0.15, 0.2) is 12.1 Å². The minimum atomic E-state index is -0.957. The van der Waals surface area contributed by atoms with Crippen molar-refractivity contribution in [2.24, 2.45) is 11.3 Å². The van der Waals surface area contributed by atoms with E-state index in [9.17, 15) is 9.90 Å². The molecular formula is C25H34O5. The van der Waals surface area contributed by atoms with Crippen LogP contribution < -0.4 is 9.47 Å². The third kappa shape index (κ3) is 2.15. The van der Waals surface area contributed by atoms with Crippen LogP contribution in [0.25, 0.3) is 0 Å². The fraction of sp³-hybridized carbons (Fsp3) is 0.720. The zero-order valence-electron chi connectivity index (χ0n) is 18.7. The average Bonchev–Trinajstić information content (AvgIpc) is 2.98. The van der Waals surface area contributed by atoms with Crippen LogP contribution in [0.4, 0.5) is 0 Å². The predicted octanol–water partition coefficient (Wildman–Crippen LogP) is 4.31. The molecule has 2 bridgehead atoms. The Bertz CT molecular complexity index is 892. The van der Waals surface area contributed by atoms with E-state index in [1.165, 1.54) is 17.5 Å². The van der Waals surface area contributed by atoms with Gasteiger partial charge in [0.1, 0.15) is 11.2 Å². The SMILES string of the molecule is CCOC(=O)CC[C@@]12CC[C@@](C)(O)[C@@]3(C)Oc4c(OC)ccc5c4[C@]13CCC[C@@H]2C5. The lowest BCUT2D eigenvalue weighted by Gasteiger charge is -2.69. The number of carbonyl (C=O) groups excluding carboxylic acids is 1. The molecule has 3 aliphatic carbocycles. The van der Waals surface area contributed by atoms with E-state index in [1.54, 1.807) is 7.11 Å². The molecule has 1 N–H and O–H groups in total. The largest absolute Gasteiger partial charge is 0.493 e. The molecule has 2 saturated carbocycles. The molecule has 0 radical (unpaired) electrons. The van der Waals surface area contributed by atoms with Gasteiger partial charge < -0.3 is 19.3 Å². The quantitative estimate of drug-likeness (QED) is 0.727. The molecule has 164 valence electrons. The molecule has 5 rings (SSSR count). The molecule has 2 fully saturated rings. The number of aliphatic hydroxyl groups is 1. The monoisotopic (exact) mass is 414 g/mol. The summed E-state index contributed by atoms with van der Waals surface area (Å²) < 4.78 is 17.8. The van der Waals surface area contributed by atoms with Crippen LogP contribution in [-0.2, 0) is 21.4 Å². The van der Waals surface area contributed by atoms with Crippen molar-refractivity contribution in [2.45, 2.75) is 88.8 Å². The van der Waals surface area contributed by atoms with Crippen LogP contribution in [-0.4, -0.2) is 36.0 Å². The fourth-order valence-corrected chi connectivity index (χ4v) is 7.96. The molecule has 1 heterocycles. The van der Waals surface area contributed by atoms with Crippen LogP contribution in [0, 0.1) is 11.3 Å². The highest BCUT2D eigenvalue weighted by Gasteiger charge is 2.78. The second-order valence-corrected chi connectivity index (χ2v) is 10.2. The first-order valence-corrected chi connectivity index (χ1v) is 11.5. The van der Waals surface area contributed by atoms with Crippen molar-refractivity contribution in [3.8, 4) is 11.5 Å². The van der Waals surface area contributed by atoms with E-state index in [-0.39, 0.29) is 16.8 Å². The number of carbonyl (C=O) groups is 1. The number of hydrogen-bond acceptors (Lipinski definition) is 5. The highest BCUT2D eigenvalue weighted by atomic mass is 16.5. The summed E-state index contributed by atoms with van der Waals surface area (Å²) in [6, 6.07) is 4.22. The Kier molecular flexibility index (Phi) is 4.29. The molecule has 1 spiro atoms. The molecule has 0 saturated heterocycles. The van der Waals surface area contributed by atoms with E-state index in [0.29, 0.717) is 25.4 Å². The average molecular weight is 415 g/mol. The molecule has 5 nitrogen and oxygen atoms in total. The lowest BCUT2D eigenvalue weighted by Crippen LogP contribution is -2.75. The van der Waals surface area contributed by atoms with Crippen LogP contribution in [0.1, 0.15) is 76.8 Å². The van der Waals surface area contributed by atoms with E-state index in [0.717, 1.165) is 43.6 Å². The highest BCUT2D eigenvalue weighted by Crippen LogP contribution is 2.77. The molecule has 4 aliphatic rings. The zero-order valence-corrected chi connectivity index (χ0v) is 18.7. The topological polar surface area (TPSA) is 65.0 Å². The second kappa shape index (κ2) is 6.38. The van der Waals surface area contributed by atoms with Crippen LogP contribution >= 0.6 is 0 Å². The maximum absolute atomic E-state index is 12.4. The van der Waals surface area contributed by atoms with Gasteiger partial charge in [0.2, 0.25) is 0 Å². The van der Waals surface area contributed by atoms with E-state index in [1.807, 2.05) is 19.9 Å². The molecule has 0 unspecified atom stereocenters. The predicted molar refractivity (Wildman–Crippen MR) is 113 cm³/mol. The lowest BCUT2D eigenvalue weighted by molar-refractivity contribution is -0.237. The summed E-state index contributed by atoms with van der Waals surface area (Å²) >= 11 is 0. The van der Waals surface area contributed by atoms with Crippen molar-refractivity contribution in [2.75, 3.05) is 13.7 Å². The normalized spacial score (nSPS) is 40.4. The Morgan fingerprint density at radius 1 is 1.27 bits per heavy atom. The van der Waals surface area contributed by atoms with Gasteiger partial charge in [-0.1, -0.05) is 12.5 Å². The minimum Gasteiger partial charge on any atom is -0.493 e. The molecule has 5 heteroatoms. The summed E-state index contributed by atoms with van der Waals surface area (Å²) in [6.45, 7) is 6.33. The molecule has 1 aliphatic heterocycles. The summed E-state index contributed by atoms with van der Waals surface area (Å²) in [5.41, 5.74) is 0.500. The Balaban J connectivity index is 1.74. The zero-order chi connectivity index (χ0) is 21.4. The Morgan fingerprint density at radius 2 is 2.07 bits per heavy atom. The van der Waals surface area contributed by atoms with Crippen LogP contribution in [0.3, 0.4) is 0 Å². The molecule has 1 aromatic carbocycles. The van der Waals surface area contributed by atoms with Gasteiger partial charge in [0, 0.05) is 17.4 Å². The number of hydrogen-bond donors (Lipinski definition) is 1. The molecule has 5 atom stereocenters. The minimum absolute atomic E-state index is 0.0698. The number of esters is 1. The van der Waals surface area contributed by atoms with Gasteiger partial charge in [0.05, 0.1) is 13.7 Å². The van der Waals surface area contributed by atoms with Crippen molar-refractivity contribution in [3.63, 3.8) is 0 Å². The first kappa shape index (κ1) is 20.2. The third-order valence-corrected chi connectivity index (χ3v) is 9.34. The standard InChI is InChI=1S/C25H34O5/c1-5-29-19(26)10-12-24-14-13-22(2,27)23(3)25(24)11-6-7-17(24)15-16-8-9-18(28-4)21(30-23)20(16)25/h8-9,17,27H,5-7,10-15H2,1-4H3/t17-,22-,23-,24+,25+/m1/s1.